The number of methoxy groups -OCH3 is 1. The zero-order chi connectivity index (χ0) is 26.9. The molecule has 0 spiro atoms. The van der Waals surface area contributed by atoms with Gasteiger partial charge in [-0.25, -0.2) is 14.4 Å². The predicted octanol–water partition coefficient (Wildman–Crippen LogP) is 5.19. The number of amides is 1. The minimum Gasteiger partial charge on any atom is -0.481 e. The monoisotopic (exact) mass is 528 g/mol. The Kier molecular flexibility index (Phi) is 6.43. The van der Waals surface area contributed by atoms with Crippen molar-refractivity contribution in [1.82, 2.24) is 20.1 Å². The molecule has 1 aliphatic rings. The van der Waals surface area contributed by atoms with Crippen LogP contribution < -0.4 is 15.4 Å². The number of nitrogens with zero attached hydrogens (tertiary/aromatic N) is 4. The minimum absolute atomic E-state index is 0.0900. The molecule has 1 aromatic carbocycles. The lowest BCUT2D eigenvalue weighted by molar-refractivity contribution is -0.165. The molecule has 5 rings (SSSR count). The van der Waals surface area contributed by atoms with Crippen LogP contribution in [0.15, 0.2) is 59.4 Å². The van der Waals surface area contributed by atoms with Gasteiger partial charge in [-0.3, -0.25) is 4.79 Å². The summed E-state index contributed by atoms with van der Waals surface area (Å²) in [7, 11) is 1.50. The number of ether oxygens (including phenoxy) is 1. The van der Waals surface area contributed by atoms with Crippen LogP contribution in [0.1, 0.15) is 24.2 Å². The Labute approximate surface area is 213 Å². The van der Waals surface area contributed by atoms with Gasteiger partial charge < -0.3 is 19.9 Å². The number of nitrogens with one attached hydrogen (secondary N) is 2. The fourth-order valence-electron chi connectivity index (χ4n) is 3.84. The highest BCUT2D eigenvalue weighted by atomic mass is 19.4. The van der Waals surface area contributed by atoms with Crippen molar-refractivity contribution in [3.8, 4) is 17.0 Å². The van der Waals surface area contributed by atoms with Gasteiger partial charge in [0.15, 0.2) is 11.6 Å². The van der Waals surface area contributed by atoms with E-state index in [0.717, 1.165) is 6.07 Å². The van der Waals surface area contributed by atoms with E-state index < -0.39 is 23.3 Å². The van der Waals surface area contributed by atoms with E-state index in [0.29, 0.717) is 22.8 Å². The van der Waals surface area contributed by atoms with E-state index in [-0.39, 0.29) is 42.4 Å². The summed E-state index contributed by atoms with van der Waals surface area (Å²) in [4.78, 5) is 25.0. The third-order valence-corrected chi connectivity index (χ3v) is 6.10. The Morgan fingerprint density at radius 2 is 1.84 bits per heavy atom. The van der Waals surface area contributed by atoms with Crippen molar-refractivity contribution in [3.63, 3.8) is 0 Å². The number of halogens is 4. The fraction of sp³-hybridized carbons (Fsp3) is 0.240. The molecule has 3 aromatic heterocycles. The number of pyridine rings is 1. The number of carbonyl (C=O) groups excluding carboxylic acids is 1. The maximum Gasteiger partial charge on any atom is 0.401 e. The molecule has 0 atom stereocenters. The Morgan fingerprint density at radius 1 is 1.08 bits per heavy atom. The van der Waals surface area contributed by atoms with Gasteiger partial charge in [0.1, 0.15) is 17.1 Å². The average Bonchev–Trinajstić information content (AvgIpc) is 3.60. The summed E-state index contributed by atoms with van der Waals surface area (Å²) in [6.07, 6.45) is -2.00. The summed E-state index contributed by atoms with van der Waals surface area (Å²) >= 11 is 0. The maximum atomic E-state index is 14.8. The zero-order valence-electron chi connectivity index (χ0n) is 19.8. The molecule has 0 radical (unpaired) electrons. The van der Waals surface area contributed by atoms with Crippen LogP contribution in [0.3, 0.4) is 0 Å². The van der Waals surface area contributed by atoms with Gasteiger partial charge in [0.2, 0.25) is 17.7 Å². The van der Waals surface area contributed by atoms with E-state index in [1.54, 1.807) is 24.3 Å². The van der Waals surface area contributed by atoms with Crippen LogP contribution in [-0.4, -0.2) is 39.3 Å². The summed E-state index contributed by atoms with van der Waals surface area (Å²) in [6.45, 7) is 0. The van der Waals surface area contributed by atoms with Crippen molar-refractivity contribution >= 4 is 23.5 Å². The van der Waals surface area contributed by atoms with Crippen LogP contribution in [0.5, 0.6) is 5.88 Å². The average molecular weight is 528 g/mol. The predicted molar refractivity (Wildman–Crippen MR) is 127 cm³/mol. The fourth-order valence-corrected chi connectivity index (χ4v) is 3.84. The molecule has 1 fully saturated rings. The first-order chi connectivity index (χ1) is 18.2. The molecule has 3 heterocycles. The summed E-state index contributed by atoms with van der Waals surface area (Å²) in [5, 5.41) is 8.80. The zero-order valence-corrected chi connectivity index (χ0v) is 19.8. The molecule has 1 aliphatic carbocycles. The van der Waals surface area contributed by atoms with Crippen LogP contribution >= 0.6 is 0 Å². The highest BCUT2D eigenvalue weighted by Gasteiger charge is 2.66. The van der Waals surface area contributed by atoms with Gasteiger partial charge in [0, 0.05) is 30.1 Å². The van der Waals surface area contributed by atoms with E-state index in [4.69, 9.17) is 9.26 Å². The largest absolute Gasteiger partial charge is 0.481 e. The van der Waals surface area contributed by atoms with Gasteiger partial charge >= 0.3 is 6.18 Å². The Balaban J connectivity index is 1.21. The smallest absolute Gasteiger partial charge is 0.401 e. The molecule has 0 aliphatic heterocycles. The van der Waals surface area contributed by atoms with E-state index in [1.165, 1.54) is 31.6 Å². The number of anilines is 3. The molecule has 1 amide bonds. The topological polar surface area (TPSA) is 115 Å². The molecule has 9 nitrogen and oxygen atoms in total. The molecule has 0 saturated heterocycles. The quantitative estimate of drug-likeness (QED) is 0.300. The van der Waals surface area contributed by atoms with Gasteiger partial charge in [-0.15, -0.1) is 0 Å². The van der Waals surface area contributed by atoms with Crippen molar-refractivity contribution in [2.75, 3.05) is 17.7 Å². The second-order valence-corrected chi connectivity index (χ2v) is 8.67. The van der Waals surface area contributed by atoms with Crippen LogP contribution in [0.25, 0.3) is 11.1 Å². The van der Waals surface area contributed by atoms with Crippen LogP contribution in [0, 0.1) is 5.82 Å². The second kappa shape index (κ2) is 9.72. The van der Waals surface area contributed by atoms with Crippen molar-refractivity contribution in [1.29, 1.82) is 0 Å². The molecule has 13 heteroatoms. The lowest BCUT2D eigenvalue weighted by atomic mass is 10.0. The summed E-state index contributed by atoms with van der Waals surface area (Å²) in [6, 6.07) is 10.5. The third-order valence-electron chi connectivity index (χ3n) is 6.10. The first-order valence-electron chi connectivity index (χ1n) is 11.4. The second-order valence-electron chi connectivity index (χ2n) is 8.67. The molecule has 0 unspecified atom stereocenters. The number of rotatable bonds is 8. The summed E-state index contributed by atoms with van der Waals surface area (Å²) in [5.41, 5.74) is -0.930. The SMILES string of the molecule is COc1cccc(Nc2ncc(-c3ccc(CC(=O)Nc4cc(C5(C(F)(F)F)CC5)on4)c(F)c3)cn2)n1. The number of benzene rings is 1. The van der Waals surface area contributed by atoms with E-state index in [9.17, 15) is 22.4 Å². The van der Waals surface area contributed by atoms with Gasteiger partial charge in [0.25, 0.3) is 0 Å². The third kappa shape index (κ3) is 5.12. The molecular formula is C25H20F4N6O3. The Morgan fingerprint density at radius 3 is 2.50 bits per heavy atom. The summed E-state index contributed by atoms with van der Waals surface area (Å²) < 4.78 is 64.4. The number of carbonyl (C=O) groups is 1. The minimum atomic E-state index is -4.46. The molecular weight excluding hydrogens is 508 g/mol. The van der Waals surface area contributed by atoms with E-state index in [1.807, 2.05) is 0 Å². The summed E-state index contributed by atoms with van der Waals surface area (Å²) in [5.74, 6) is -0.614. The van der Waals surface area contributed by atoms with E-state index >= 15 is 0 Å². The number of aromatic nitrogens is 4. The molecule has 0 bridgehead atoms. The lowest BCUT2D eigenvalue weighted by Crippen LogP contribution is -2.28. The number of alkyl halides is 3. The van der Waals surface area contributed by atoms with Crippen LogP contribution in [0.4, 0.5) is 35.1 Å². The van der Waals surface area contributed by atoms with Crippen molar-refractivity contribution < 1.29 is 31.6 Å². The molecule has 38 heavy (non-hydrogen) atoms. The number of hydrogen-bond acceptors (Lipinski definition) is 8. The molecule has 4 aromatic rings. The van der Waals surface area contributed by atoms with Gasteiger partial charge in [0.05, 0.1) is 13.5 Å². The highest BCUT2D eigenvalue weighted by Crippen LogP contribution is 2.59. The lowest BCUT2D eigenvalue weighted by Gasteiger charge is -2.14. The molecule has 1 saturated carbocycles. The Bertz CT molecular complexity index is 1470. The van der Waals surface area contributed by atoms with Gasteiger partial charge in [-0.2, -0.15) is 18.2 Å². The molecule has 2 N–H and O–H groups in total. The first kappa shape index (κ1) is 25.1. The van der Waals surface area contributed by atoms with Gasteiger partial charge in [-0.05, 0) is 36.1 Å². The normalized spacial score (nSPS) is 14.1. The van der Waals surface area contributed by atoms with E-state index in [2.05, 4.69) is 30.7 Å². The van der Waals surface area contributed by atoms with Gasteiger partial charge in [-0.1, -0.05) is 23.4 Å². The number of hydrogen-bond donors (Lipinski definition) is 2. The van der Waals surface area contributed by atoms with Crippen molar-refractivity contribution in [2.45, 2.75) is 30.9 Å². The Hall–Kier alpha value is -4.55. The first-order valence-corrected chi connectivity index (χ1v) is 11.4. The van der Waals surface area contributed by atoms with Crippen LogP contribution in [0.2, 0.25) is 0 Å². The van der Waals surface area contributed by atoms with Crippen molar-refractivity contribution in [2.24, 2.45) is 0 Å². The van der Waals surface area contributed by atoms with Crippen molar-refractivity contribution in [3.05, 3.63) is 72.0 Å². The molecule has 196 valence electrons. The van der Waals surface area contributed by atoms with Crippen LogP contribution in [-0.2, 0) is 16.6 Å². The maximum absolute atomic E-state index is 14.8. The standard InChI is InChI=1S/C25H20F4N6O3/c1-37-22-4-2-3-19(33-22)34-23-30-12-16(13-31-23)14-5-6-15(17(26)9-14)10-21(36)32-20-11-18(38-35-20)24(7-8-24)25(27,28)29/h2-6,9,11-13H,7-8,10H2,1H3,(H,32,35,36)(H,30,31,33,34). The highest BCUT2D eigenvalue weighted by molar-refractivity contribution is 5.91.